The van der Waals surface area contributed by atoms with Crippen molar-refractivity contribution in [3.8, 4) is 11.1 Å². The maximum Gasteiger partial charge on any atom is 0.241 e. The van der Waals surface area contributed by atoms with Crippen molar-refractivity contribution in [3.63, 3.8) is 0 Å². The van der Waals surface area contributed by atoms with Crippen molar-refractivity contribution in [1.29, 1.82) is 0 Å². The normalized spacial score (nSPS) is 14.8. The Kier molecular flexibility index (Phi) is 5.38. The third kappa shape index (κ3) is 4.39. The van der Waals surface area contributed by atoms with E-state index in [4.69, 9.17) is 9.84 Å². The summed E-state index contributed by atoms with van der Waals surface area (Å²) in [6.07, 6.45) is 1.97. The molecule has 1 fully saturated rings. The number of nitrogens with one attached hydrogen (secondary N) is 1. The first-order valence-corrected chi connectivity index (χ1v) is 8.79. The van der Waals surface area contributed by atoms with Gasteiger partial charge >= 0.3 is 0 Å². The number of amides is 1. The van der Waals surface area contributed by atoms with E-state index in [-0.39, 0.29) is 18.5 Å². The molecule has 0 atom stereocenters. The minimum absolute atomic E-state index is 0.0264. The van der Waals surface area contributed by atoms with Crippen LogP contribution >= 0.6 is 0 Å². The van der Waals surface area contributed by atoms with Gasteiger partial charge in [-0.15, -0.1) is 0 Å². The molecule has 0 unspecified atom stereocenters. The molecule has 0 radical (unpaired) electrons. The third-order valence-corrected chi connectivity index (χ3v) is 4.17. The van der Waals surface area contributed by atoms with Crippen LogP contribution in [-0.2, 0) is 16.1 Å². The summed E-state index contributed by atoms with van der Waals surface area (Å²) in [7, 11) is 0. The quantitative estimate of drug-likeness (QED) is 0.905. The molecule has 1 amide bonds. The van der Waals surface area contributed by atoms with Crippen LogP contribution in [0, 0.1) is 6.92 Å². The second kappa shape index (κ2) is 7.70. The Morgan fingerprint density at radius 2 is 1.92 bits per heavy atom. The SMILES string of the molecule is Cc1ccc(-c2cn(CC(=O)NC(C)C)nc2N2CCOCC2)cc1. The number of benzene rings is 1. The van der Waals surface area contributed by atoms with Gasteiger partial charge in [-0.3, -0.25) is 9.48 Å². The predicted molar refractivity (Wildman–Crippen MR) is 98.7 cm³/mol. The van der Waals surface area contributed by atoms with Crippen LogP contribution in [0.25, 0.3) is 11.1 Å². The van der Waals surface area contributed by atoms with Gasteiger partial charge in [0, 0.05) is 30.9 Å². The summed E-state index contributed by atoms with van der Waals surface area (Å²) in [5.74, 6) is 0.894. The van der Waals surface area contributed by atoms with E-state index in [9.17, 15) is 4.79 Å². The maximum atomic E-state index is 12.1. The summed E-state index contributed by atoms with van der Waals surface area (Å²) in [5.41, 5.74) is 3.39. The van der Waals surface area contributed by atoms with Gasteiger partial charge in [0.15, 0.2) is 5.82 Å². The summed E-state index contributed by atoms with van der Waals surface area (Å²) in [5, 5.41) is 7.62. The van der Waals surface area contributed by atoms with E-state index in [1.54, 1.807) is 4.68 Å². The highest BCUT2D eigenvalue weighted by molar-refractivity contribution is 5.78. The molecule has 2 heterocycles. The number of morpholine rings is 1. The zero-order valence-electron chi connectivity index (χ0n) is 15.2. The summed E-state index contributed by atoms with van der Waals surface area (Å²) in [4.78, 5) is 14.3. The van der Waals surface area contributed by atoms with Gasteiger partial charge in [-0.1, -0.05) is 29.8 Å². The van der Waals surface area contributed by atoms with Crippen LogP contribution in [0.1, 0.15) is 19.4 Å². The number of aryl methyl sites for hydroxylation is 1. The van der Waals surface area contributed by atoms with Crippen molar-refractivity contribution in [2.24, 2.45) is 0 Å². The lowest BCUT2D eigenvalue weighted by molar-refractivity contribution is -0.122. The molecule has 6 heteroatoms. The standard InChI is InChI=1S/C19H26N4O2/c1-14(2)20-18(24)13-23-12-17(16-6-4-15(3)5-7-16)19(21-23)22-8-10-25-11-9-22/h4-7,12,14H,8-11,13H2,1-3H3,(H,20,24). The summed E-state index contributed by atoms with van der Waals surface area (Å²) in [6, 6.07) is 8.53. The lowest BCUT2D eigenvalue weighted by atomic mass is 10.1. The van der Waals surface area contributed by atoms with Crippen LogP contribution in [0.2, 0.25) is 0 Å². The van der Waals surface area contributed by atoms with E-state index in [0.29, 0.717) is 13.2 Å². The summed E-state index contributed by atoms with van der Waals surface area (Å²) < 4.78 is 7.19. The summed E-state index contributed by atoms with van der Waals surface area (Å²) in [6.45, 7) is 9.24. The molecule has 1 N–H and O–H groups in total. The molecular formula is C19H26N4O2. The molecule has 0 saturated carbocycles. The van der Waals surface area contributed by atoms with Crippen molar-refractivity contribution >= 4 is 11.7 Å². The lowest BCUT2D eigenvalue weighted by Gasteiger charge is -2.27. The Morgan fingerprint density at radius 1 is 1.24 bits per heavy atom. The molecule has 2 aromatic rings. The van der Waals surface area contributed by atoms with Gasteiger partial charge in [0.05, 0.1) is 13.2 Å². The maximum absolute atomic E-state index is 12.1. The number of rotatable bonds is 5. The fourth-order valence-electron chi connectivity index (χ4n) is 2.95. The number of nitrogens with zero attached hydrogens (tertiary/aromatic N) is 3. The van der Waals surface area contributed by atoms with Gasteiger partial charge in [-0.2, -0.15) is 5.10 Å². The highest BCUT2D eigenvalue weighted by Gasteiger charge is 2.20. The average Bonchev–Trinajstić information content (AvgIpc) is 2.99. The molecule has 1 aromatic carbocycles. The second-order valence-electron chi connectivity index (χ2n) is 6.75. The number of hydrogen-bond acceptors (Lipinski definition) is 4. The van der Waals surface area contributed by atoms with Crippen LogP contribution in [0.15, 0.2) is 30.5 Å². The first kappa shape index (κ1) is 17.5. The van der Waals surface area contributed by atoms with Crippen molar-refractivity contribution in [2.75, 3.05) is 31.2 Å². The van der Waals surface area contributed by atoms with Crippen LogP contribution in [0.5, 0.6) is 0 Å². The largest absolute Gasteiger partial charge is 0.378 e. The number of aromatic nitrogens is 2. The molecule has 1 aliphatic rings. The van der Waals surface area contributed by atoms with E-state index in [1.165, 1.54) is 5.56 Å². The molecule has 0 spiro atoms. The van der Waals surface area contributed by atoms with Gasteiger partial charge in [0.2, 0.25) is 5.91 Å². The molecule has 1 saturated heterocycles. The van der Waals surface area contributed by atoms with Crippen LogP contribution in [-0.4, -0.2) is 48.0 Å². The molecule has 134 valence electrons. The minimum Gasteiger partial charge on any atom is -0.378 e. The van der Waals surface area contributed by atoms with Gasteiger partial charge < -0.3 is 15.0 Å². The number of carbonyl (C=O) groups is 1. The van der Waals surface area contributed by atoms with E-state index >= 15 is 0 Å². The Balaban J connectivity index is 1.90. The number of ether oxygens (including phenoxy) is 1. The van der Waals surface area contributed by atoms with Gasteiger partial charge in [0.1, 0.15) is 6.54 Å². The van der Waals surface area contributed by atoms with Crippen molar-refractivity contribution in [2.45, 2.75) is 33.4 Å². The number of carbonyl (C=O) groups excluding carboxylic acids is 1. The van der Waals surface area contributed by atoms with Crippen LogP contribution in [0.4, 0.5) is 5.82 Å². The van der Waals surface area contributed by atoms with Crippen LogP contribution < -0.4 is 10.2 Å². The molecular weight excluding hydrogens is 316 g/mol. The van der Waals surface area contributed by atoms with Gasteiger partial charge in [-0.05, 0) is 26.3 Å². The predicted octanol–water partition coefficient (Wildman–Crippen LogP) is 2.22. The van der Waals surface area contributed by atoms with Crippen molar-refractivity contribution in [3.05, 3.63) is 36.0 Å². The highest BCUT2D eigenvalue weighted by atomic mass is 16.5. The van der Waals surface area contributed by atoms with Gasteiger partial charge in [0.25, 0.3) is 0 Å². The monoisotopic (exact) mass is 342 g/mol. The Labute approximate surface area is 148 Å². The minimum atomic E-state index is -0.0264. The topological polar surface area (TPSA) is 59.4 Å². The number of anilines is 1. The smallest absolute Gasteiger partial charge is 0.241 e. The first-order chi connectivity index (χ1) is 12.0. The van der Waals surface area contributed by atoms with Gasteiger partial charge in [-0.25, -0.2) is 0 Å². The highest BCUT2D eigenvalue weighted by Crippen LogP contribution is 2.30. The molecule has 6 nitrogen and oxygen atoms in total. The molecule has 1 aliphatic heterocycles. The second-order valence-corrected chi connectivity index (χ2v) is 6.75. The van der Waals surface area contributed by atoms with Crippen LogP contribution in [0.3, 0.4) is 0 Å². The fraction of sp³-hybridized carbons (Fsp3) is 0.474. The average molecular weight is 342 g/mol. The summed E-state index contributed by atoms with van der Waals surface area (Å²) >= 11 is 0. The zero-order valence-corrected chi connectivity index (χ0v) is 15.2. The third-order valence-electron chi connectivity index (χ3n) is 4.17. The van der Waals surface area contributed by atoms with Crippen molar-refractivity contribution < 1.29 is 9.53 Å². The number of hydrogen-bond donors (Lipinski definition) is 1. The Bertz CT molecular complexity index is 716. The molecule has 0 bridgehead atoms. The Morgan fingerprint density at radius 3 is 2.56 bits per heavy atom. The van der Waals surface area contributed by atoms with E-state index < -0.39 is 0 Å². The molecule has 3 rings (SSSR count). The Hall–Kier alpha value is -2.34. The molecule has 0 aliphatic carbocycles. The molecule has 25 heavy (non-hydrogen) atoms. The first-order valence-electron chi connectivity index (χ1n) is 8.79. The van der Waals surface area contributed by atoms with Crippen molar-refractivity contribution in [1.82, 2.24) is 15.1 Å². The molecule has 1 aromatic heterocycles. The van der Waals surface area contributed by atoms with E-state index in [0.717, 1.165) is 30.0 Å². The lowest BCUT2D eigenvalue weighted by Crippen LogP contribution is -2.37. The van der Waals surface area contributed by atoms with E-state index in [1.807, 2.05) is 20.0 Å². The fourth-order valence-corrected chi connectivity index (χ4v) is 2.95. The zero-order chi connectivity index (χ0) is 17.8. The van der Waals surface area contributed by atoms with E-state index in [2.05, 4.69) is 41.4 Å².